The molecule has 1 aromatic carbocycles. The van der Waals surface area contributed by atoms with Gasteiger partial charge in [-0.25, -0.2) is 0 Å². The van der Waals surface area contributed by atoms with Crippen LogP contribution >= 0.6 is 0 Å². The first kappa shape index (κ1) is 15.2. The van der Waals surface area contributed by atoms with E-state index in [9.17, 15) is 4.79 Å². The van der Waals surface area contributed by atoms with Gasteiger partial charge in [-0.05, 0) is 30.2 Å². The van der Waals surface area contributed by atoms with E-state index in [0.29, 0.717) is 18.7 Å². The van der Waals surface area contributed by atoms with Gasteiger partial charge >= 0.3 is 0 Å². The molecule has 0 fully saturated rings. The topological polar surface area (TPSA) is 84.6 Å². The summed E-state index contributed by atoms with van der Waals surface area (Å²) in [6, 6.07) is 7.07. The smallest absolute Gasteiger partial charge is 0.244 e. The summed E-state index contributed by atoms with van der Waals surface area (Å²) in [5.74, 6) is -0.224. The number of rotatable bonds is 7. The molecular formula is C14H20N2O3. The van der Waals surface area contributed by atoms with E-state index in [1.165, 1.54) is 6.08 Å². The van der Waals surface area contributed by atoms with Crippen LogP contribution in [0.15, 0.2) is 30.3 Å². The number of aliphatic hydroxyl groups excluding tert-OH is 1. The Kier molecular flexibility index (Phi) is 6.63. The lowest BCUT2D eigenvalue weighted by Gasteiger charge is -2.15. The molecule has 5 nitrogen and oxygen atoms in total. The van der Waals surface area contributed by atoms with Gasteiger partial charge in [-0.15, -0.1) is 0 Å². The molecule has 0 saturated carbocycles. The number of nitrogen functional groups attached to an aromatic ring is 1. The molecule has 5 heteroatoms. The third-order valence-electron chi connectivity index (χ3n) is 2.53. The van der Waals surface area contributed by atoms with Crippen molar-refractivity contribution in [2.24, 2.45) is 0 Å². The number of benzene rings is 1. The predicted octanol–water partition coefficient (Wildman–Crippen LogP) is 0.796. The Morgan fingerprint density at radius 1 is 1.58 bits per heavy atom. The first-order valence-electron chi connectivity index (χ1n) is 6.09. The Bertz CT molecular complexity index is 426. The molecule has 1 rings (SSSR count). The van der Waals surface area contributed by atoms with Gasteiger partial charge in [0.05, 0.1) is 12.6 Å². The quantitative estimate of drug-likeness (QED) is 0.502. The van der Waals surface area contributed by atoms with Crippen LogP contribution in [0.5, 0.6) is 0 Å². The highest BCUT2D eigenvalue weighted by molar-refractivity contribution is 5.92. The van der Waals surface area contributed by atoms with Gasteiger partial charge in [-0.3, -0.25) is 4.79 Å². The van der Waals surface area contributed by atoms with Crippen molar-refractivity contribution in [3.05, 3.63) is 35.9 Å². The van der Waals surface area contributed by atoms with Crippen molar-refractivity contribution >= 4 is 17.7 Å². The van der Waals surface area contributed by atoms with Crippen molar-refractivity contribution in [3.8, 4) is 0 Å². The Labute approximate surface area is 113 Å². The largest absolute Gasteiger partial charge is 0.399 e. The Hall–Kier alpha value is -1.85. The molecule has 0 bridgehead atoms. The SMILES string of the molecule is COCC(CCO)NC(=O)/C=C/c1cccc(N)c1. The monoisotopic (exact) mass is 264 g/mol. The molecule has 0 aromatic heterocycles. The van der Waals surface area contributed by atoms with Crippen LogP contribution in [-0.2, 0) is 9.53 Å². The van der Waals surface area contributed by atoms with Gasteiger partial charge in [-0.1, -0.05) is 12.1 Å². The van der Waals surface area contributed by atoms with Crippen molar-refractivity contribution in [2.45, 2.75) is 12.5 Å². The first-order valence-corrected chi connectivity index (χ1v) is 6.09. The van der Waals surface area contributed by atoms with Gasteiger partial charge in [0.25, 0.3) is 0 Å². The maximum atomic E-state index is 11.7. The van der Waals surface area contributed by atoms with E-state index in [0.717, 1.165) is 5.56 Å². The number of carbonyl (C=O) groups excluding carboxylic acids is 1. The number of carbonyl (C=O) groups is 1. The molecule has 1 aromatic rings. The summed E-state index contributed by atoms with van der Waals surface area (Å²) in [5.41, 5.74) is 7.16. The second-order valence-electron chi connectivity index (χ2n) is 4.18. The number of nitrogens with one attached hydrogen (secondary N) is 1. The van der Waals surface area contributed by atoms with Crippen LogP contribution in [0.3, 0.4) is 0 Å². The van der Waals surface area contributed by atoms with Gasteiger partial charge in [0.2, 0.25) is 5.91 Å². The van der Waals surface area contributed by atoms with Crippen LogP contribution in [0.1, 0.15) is 12.0 Å². The maximum Gasteiger partial charge on any atom is 0.244 e. The number of hydrogen-bond donors (Lipinski definition) is 3. The molecule has 0 saturated heterocycles. The summed E-state index contributed by atoms with van der Waals surface area (Å²) < 4.78 is 4.97. The number of amides is 1. The first-order chi connectivity index (χ1) is 9.15. The number of ether oxygens (including phenoxy) is 1. The minimum atomic E-state index is -0.224. The van der Waals surface area contributed by atoms with E-state index in [1.807, 2.05) is 12.1 Å². The normalized spacial score (nSPS) is 12.5. The van der Waals surface area contributed by atoms with Crippen molar-refractivity contribution in [1.82, 2.24) is 5.32 Å². The molecule has 0 aliphatic carbocycles. The van der Waals surface area contributed by atoms with Crippen molar-refractivity contribution in [3.63, 3.8) is 0 Å². The number of anilines is 1. The fraction of sp³-hybridized carbons (Fsp3) is 0.357. The van der Waals surface area contributed by atoms with Gasteiger partial charge in [0, 0.05) is 25.5 Å². The van der Waals surface area contributed by atoms with Crippen LogP contribution in [0.4, 0.5) is 5.69 Å². The molecule has 0 aliphatic heterocycles. The lowest BCUT2D eigenvalue weighted by atomic mass is 10.2. The van der Waals surface area contributed by atoms with E-state index in [1.54, 1.807) is 25.3 Å². The predicted molar refractivity (Wildman–Crippen MR) is 75.4 cm³/mol. The molecule has 104 valence electrons. The van der Waals surface area contributed by atoms with Crippen LogP contribution in [0, 0.1) is 0 Å². The van der Waals surface area contributed by atoms with E-state index in [-0.39, 0.29) is 18.6 Å². The maximum absolute atomic E-state index is 11.7. The summed E-state index contributed by atoms with van der Waals surface area (Å²) in [6.45, 7) is 0.381. The standard InChI is InChI=1S/C14H20N2O3/c1-19-10-13(7-8-17)16-14(18)6-5-11-3-2-4-12(15)9-11/h2-6,9,13,17H,7-8,10,15H2,1H3,(H,16,18)/b6-5+. The number of nitrogens with two attached hydrogens (primary N) is 1. The third kappa shape index (κ3) is 6.03. The minimum Gasteiger partial charge on any atom is -0.399 e. The molecule has 19 heavy (non-hydrogen) atoms. The van der Waals surface area contributed by atoms with Gasteiger partial charge < -0.3 is 20.9 Å². The van der Waals surface area contributed by atoms with Crippen molar-refractivity contribution in [2.75, 3.05) is 26.1 Å². The van der Waals surface area contributed by atoms with Crippen LogP contribution in [0.2, 0.25) is 0 Å². The molecular weight excluding hydrogens is 244 g/mol. The zero-order valence-corrected chi connectivity index (χ0v) is 11.0. The Balaban J connectivity index is 2.53. The average molecular weight is 264 g/mol. The molecule has 0 aliphatic rings. The Morgan fingerprint density at radius 2 is 2.37 bits per heavy atom. The van der Waals surface area contributed by atoms with Gasteiger partial charge in [0.1, 0.15) is 0 Å². The van der Waals surface area contributed by atoms with Crippen LogP contribution in [-0.4, -0.2) is 37.4 Å². The fourth-order valence-electron chi connectivity index (χ4n) is 1.64. The van der Waals surface area contributed by atoms with E-state index >= 15 is 0 Å². The van der Waals surface area contributed by atoms with Gasteiger partial charge in [-0.2, -0.15) is 0 Å². The minimum absolute atomic E-state index is 0.00718. The summed E-state index contributed by atoms with van der Waals surface area (Å²) in [5, 5.41) is 11.6. The summed E-state index contributed by atoms with van der Waals surface area (Å²) >= 11 is 0. The molecule has 4 N–H and O–H groups in total. The van der Waals surface area contributed by atoms with E-state index < -0.39 is 0 Å². The lowest BCUT2D eigenvalue weighted by molar-refractivity contribution is -0.117. The third-order valence-corrected chi connectivity index (χ3v) is 2.53. The zero-order valence-electron chi connectivity index (χ0n) is 11.0. The van der Waals surface area contributed by atoms with E-state index in [2.05, 4.69) is 5.32 Å². The molecule has 0 radical (unpaired) electrons. The highest BCUT2D eigenvalue weighted by Crippen LogP contribution is 2.07. The van der Waals surface area contributed by atoms with Crippen molar-refractivity contribution in [1.29, 1.82) is 0 Å². The number of hydrogen-bond acceptors (Lipinski definition) is 4. The molecule has 0 heterocycles. The van der Waals surface area contributed by atoms with Crippen molar-refractivity contribution < 1.29 is 14.6 Å². The summed E-state index contributed by atoms with van der Waals surface area (Å²) in [6.07, 6.45) is 3.59. The van der Waals surface area contributed by atoms with E-state index in [4.69, 9.17) is 15.6 Å². The molecule has 1 unspecified atom stereocenters. The average Bonchev–Trinajstić information content (AvgIpc) is 2.37. The van der Waals surface area contributed by atoms with Gasteiger partial charge in [0.15, 0.2) is 0 Å². The van der Waals surface area contributed by atoms with Crippen LogP contribution < -0.4 is 11.1 Å². The number of methoxy groups -OCH3 is 1. The Morgan fingerprint density at radius 3 is 3.00 bits per heavy atom. The summed E-state index contributed by atoms with van der Waals surface area (Å²) in [7, 11) is 1.55. The van der Waals surface area contributed by atoms with Crippen LogP contribution in [0.25, 0.3) is 6.08 Å². The second-order valence-corrected chi connectivity index (χ2v) is 4.18. The highest BCUT2D eigenvalue weighted by atomic mass is 16.5. The summed E-state index contributed by atoms with van der Waals surface area (Å²) in [4.78, 5) is 11.7. The lowest BCUT2D eigenvalue weighted by Crippen LogP contribution is -2.37. The zero-order chi connectivity index (χ0) is 14.1. The molecule has 0 spiro atoms. The molecule has 1 amide bonds. The second kappa shape index (κ2) is 8.29. The fourth-order valence-corrected chi connectivity index (χ4v) is 1.64. The molecule has 1 atom stereocenters. The number of aliphatic hydroxyl groups is 1. The highest BCUT2D eigenvalue weighted by Gasteiger charge is 2.09.